The summed E-state index contributed by atoms with van der Waals surface area (Å²) in [4.78, 5) is 17.2. The second kappa shape index (κ2) is 5.50. The fraction of sp³-hybridized carbons (Fsp3) is 0.412. The number of Topliss-reactive ketones (excluding diaryl/α,β-unsaturated/α-hetero) is 1. The van der Waals surface area contributed by atoms with Crippen LogP contribution in [0.1, 0.15) is 37.2 Å². The summed E-state index contributed by atoms with van der Waals surface area (Å²) in [6.45, 7) is 0. The van der Waals surface area contributed by atoms with Gasteiger partial charge in [-0.2, -0.15) is 11.8 Å². The van der Waals surface area contributed by atoms with Gasteiger partial charge in [0.15, 0.2) is 5.78 Å². The van der Waals surface area contributed by atoms with Crippen LogP contribution in [0.25, 0.3) is 0 Å². The van der Waals surface area contributed by atoms with Crippen LogP contribution in [0.15, 0.2) is 34.5 Å². The SMILES string of the molecule is O=C1CCC2=C1C(c1ccc(F)c(Cl)c1)C1SCCCC1=N2. The zero-order chi connectivity index (χ0) is 15.3. The van der Waals surface area contributed by atoms with Crippen LogP contribution in [0.2, 0.25) is 5.02 Å². The fourth-order valence-electron chi connectivity index (χ4n) is 3.61. The minimum atomic E-state index is -0.418. The van der Waals surface area contributed by atoms with Gasteiger partial charge in [0, 0.05) is 29.3 Å². The molecule has 1 saturated heterocycles. The van der Waals surface area contributed by atoms with E-state index in [1.165, 1.54) is 11.8 Å². The summed E-state index contributed by atoms with van der Waals surface area (Å²) < 4.78 is 13.5. The third-order valence-electron chi connectivity index (χ3n) is 4.60. The molecule has 3 aliphatic rings. The largest absolute Gasteiger partial charge is 0.294 e. The Morgan fingerprint density at radius 3 is 2.95 bits per heavy atom. The molecule has 1 fully saturated rings. The van der Waals surface area contributed by atoms with Crippen molar-refractivity contribution in [3.05, 3.63) is 45.9 Å². The van der Waals surface area contributed by atoms with Gasteiger partial charge in [0.2, 0.25) is 0 Å². The third kappa shape index (κ3) is 2.24. The fourth-order valence-corrected chi connectivity index (χ4v) is 5.22. The Bertz CT molecular complexity index is 727. The Labute approximate surface area is 137 Å². The maximum absolute atomic E-state index is 13.5. The number of hydrogen-bond donors (Lipinski definition) is 0. The first-order valence-corrected chi connectivity index (χ1v) is 8.98. The lowest BCUT2D eigenvalue weighted by Crippen LogP contribution is -2.34. The number of hydrogen-bond acceptors (Lipinski definition) is 3. The molecule has 2 aliphatic heterocycles. The van der Waals surface area contributed by atoms with Crippen molar-refractivity contribution < 1.29 is 9.18 Å². The molecule has 1 aliphatic carbocycles. The standard InChI is InChI=1S/C17H15ClFNOS/c18-10-8-9(3-4-11(10)19)15-16-12(5-6-14(16)21)20-13-2-1-7-22-17(13)15/h3-4,8,15,17H,1-2,5-7H2. The zero-order valence-corrected chi connectivity index (χ0v) is 13.5. The minimum Gasteiger partial charge on any atom is -0.294 e. The summed E-state index contributed by atoms with van der Waals surface area (Å²) in [7, 11) is 0. The van der Waals surface area contributed by atoms with Gasteiger partial charge in [-0.15, -0.1) is 0 Å². The first-order chi connectivity index (χ1) is 10.6. The van der Waals surface area contributed by atoms with E-state index in [2.05, 4.69) is 0 Å². The van der Waals surface area contributed by atoms with Crippen molar-refractivity contribution in [2.24, 2.45) is 4.99 Å². The van der Waals surface area contributed by atoms with Crippen LogP contribution in [0.4, 0.5) is 4.39 Å². The molecule has 0 aromatic heterocycles. The number of rotatable bonds is 1. The molecule has 0 bridgehead atoms. The minimum absolute atomic E-state index is 0.0269. The van der Waals surface area contributed by atoms with Crippen LogP contribution in [-0.4, -0.2) is 22.5 Å². The summed E-state index contributed by atoms with van der Waals surface area (Å²) in [5.41, 5.74) is 3.91. The Morgan fingerprint density at radius 1 is 1.27 bits per heavy atom. The van der Waals surface area contributed by atoms with Gasteiger partial charge in [0.05, 0.1) is 10.3 Å². The van der Waals surface area contributed by atoms with Crippen molar-refractivity contribution in [2.45, 2.75) is 36.9 Å². The Hall–Kier alpha value is -1.13. The molecular formula is C17H15ClFNOS. The predicted octanol–water partition coefficient (Wildman–Crippen LogP) is 4.53. The van der Waals surface area contributed by atoms with E-state index in [0.29, 0.717) is 6.42 Å². The van der Waals surface area contributed by atoms with E-state index in [1.807, 2.05) is 11.8 Å². The summed E-state index contributed by atoms with van der Waals surface area (Å²) >= 11 is 7.83. The second-order valence-electron chi connectivity index (χ2n) is 5.93. The number of halogens is 2. The number of allylic oxidation sites excluding steroid dienone is 2. The highest BCUT2D eigenvalue weighted by Gasteiger charge is 2.42. The Kier molecular flexibility index (Phi) is 3.61. The van der Waals surface area contributed by atoms with Gasteiger partial charge in [-0.3, -0.25) is 9.79 Å². The van der Waals surface area contributed by atoms with Gasteiger partial charge in [0.25, 0.3) is 0 Å². The lowest BCUT2D eigenvalue weighted by Gasteiger charge is -2.35. The van der Waals surface area contributed by atoms with Gasteiger partial charge >= 0.3 is 0 Å². The second-order valence-corrected chi connectivity index (χ2v) is 7.59. The molecule has 2 unspecified atom stereocenters. The first-order valence-electron chi connectivity index (χ1n) is 7.55. The van der Waals surface area contributed by atoms with E-state index in [4.69, 9.17) is 16.6 Å². The molecular weight excluding hydrogens is 321 g/mol. The molecule has 0 spiro atoms. The van der Waals surface area contributed by atoms with E-state index in [0.717, 1.165) is 41.8 Å². The van der Waals surface area contributed by atoms with E-state index in [-0.39, 0.29) is 22.0 Å². The van der Waals surface area contributed by atoms with Gasteiger partial charge in [0.1, 0.15) is 5.82 Å². The van der Waals surface area contributed by atoms with Crippen molar-refractivity contribution in [2.75, 3.05) is 5.75 Å². The average Bonchev–Trinajstić information content (AvgIpc) is 2.89. The number of carbonyl (C=O) groups is 1. The van der Waals surface area contributed by atoms with E-state index in [1.54, 1.807) is 12.1 Å². The molecule has 2 heterocycles. The molecule has 2 nitrogen and oxygen atoms in total. The lowest BCUT2D eigenvalue weighted by molar-refractivity contribution is -0.115. The predicted molar refractivity (Wildman–Crippen MR) is 88.3 cm³/mol. The average molecular weight is 336 g/mol. The van der Waals surface area contributed by atoms with Crippen molar-refractivity contribution in [1.29, 1.82) is 0 Å². The number of aliphatic imine (C=N–C) groups is 1. The molecule has 114 valence electrons. The topological polar surface area (TPSA) is 29.4 Å². The van der Waals surface area contributed by atoms with Crippen molar-refractivity contribution in [1.82, 2.24) is 0 Å². The highest BCUT2D eigenvalue weighted by atomic mass is 35.5. The van der Waals surface area contributed by atoms with Crippen LogP contribution in [0.5, 0.6) is 0 Å². The van der Waals surface area contributed by atoms with Gasteiger partial charge < -0.3 is 0 Å². The van der Waals surface area contributed by atoms with Crippen LogP contribution in [0, 0.1) is 5.82 Å². The van der Waals surface area contributed by atoms with E-state index >= 15 is 0 Å². The Balaban J connectivity index is 1.85. The highest BCUT2D eigenvalue weighted by Crippen LogP contribution is 2.47. The number of thioether (sulfide) groups is 1. The maximum atomic E-state index is 13.5. The molecule has 1 aromatic rings. The normalized spacial score (nSPS) is 27.5. The van der Waals surface area contributed by atoms with Crippen molar-refractivity contribution in [3.8, 4) is 0 Å². The van der Waals surface area contributed by atoms with Crippen molar-refractivity contribution in [3.63, 3.8) is 0 Å². The Morgan fingerprint density at radius 2 is 2.14 bits per heavy atom. The maximum Gasteiger partial charge on any atom is 0.161 e. The van der Waals surface area contributed by atoms with E-state index in [9.17, 15) is 9.18 Å². The molecule has 5 heteroatoms. The molecule has 1 aromatic carbocycles. The smallest absolute Gasteiger partial charge is 0.161 e. The molecule has 2 atom stereocenters. The summed E-state index contributed by atoms with van der Waals surface area (Å²) in [6, 6.07) is 4.84. The van der Waals surface area contributed by atoms with Crippen LogP contribution >= 0.6 is 23.4 Å². The van der Waals surface area contributed by atoms with Crippen LogP contribution < -0.4 is 0 Å². The molecule has 0 amide bonds. The molecule has 0 N–H and O–H groups in total. The van der Waals surface area contributed by atoms with E-state index < -0.39 is 5.82 Å². The van der Waals surface area contributed by atoms with Gasteiger partial charge in [-0.25, -0.2) is 4.39 Å². The highest BCUT2D eigenvalue weighted by molar-refractivity contribution is 8.00. The number of benzene rings is 1. The number of fused-ring (bicyclic) bond motifs is 1. The summed E-state index contributed by atoms with van der Waals surface area (Å²) in [5, 5.41) is 0.311. The number of ketones is 1. The van der Waals surface area contributed by atoms with Crippen LogP contribution in [-0.2, 0) is 4.79 Å². The molecule has 0 radical (unpaired) electrons. The summed E-state index contributed by atoms with van der Waals surface area (Å²) in [6.07, 6.45) is 3.41. The van der Waals surface area contributed by atoms with Crippen LogP contribution in [0.3, 0.4) is 0 Å². The number of carbonyl (C=O) groups excluding carboxylic acids is 1. The molecule has 0 saturated carbocycles. The third-order valence-corrected chi connectivity index (χ3v) is 6.32. The summed E-state index contributed by atoms with van der Waals surface area (Å²) in [5.74, 6) is 0.819. The zero-order valence-electron chi connectivity index (χ0n) is 11.9. The monoisotopic (exact) mass is 335 g/mol. The first kappa shape index (κ1) is 14.5. The number of nitrogens with zero attached hydrogens (tertiary/aromatic N) is 1. The molecule has 22 heavy (non-hydrogen) atoms. The molecule has 4 rings (SSSR count). The van der Waals surface area contributed by atoms with Gasteiger partial charge in [-0.05, 0) is 42.7 Å². The van der Waals surface area contributed by atoms with Gasteiger partial charge in [-0.1, -0.05) is 17.7 Å². The lowest BCUT2D eigenvalue weighted by atomic mass is 9.82. The quantitative estimate of drug-likeness (QED) is 0.754. The van der Waals surface area contributed by atoms with Crippen molar-refractivity contribution >= 4 is 34.9 Å².